The minimum Gasteiger partial charge on any atom is -0.452 e. The van der Waals surface area contributed by atoms with Crippen molar-refractivity contribution >= 4 is 6.09 Å². The first-order valence-electron chi connectivity index (χ1n) is 6.04. The zero-order valence-corrected chi connectivity index (χ0v) is 10.5. The number of hydrogen-bond donors (Lipinski definition) is 1. The van der Waals surface area contributed by atoms with Gasteiger partial charge in [-0.25, -0.2) is 15.6 Å². The Morgan fingerprint density at radius 2 is 1.53 bits per heavy atom. The van der Waals surface area contributed by atoms with Crippen molar-refractivity contribution in [1.82, 2.24) is 5.01 Å². The monoisotopic (exact) mass is 254 g/mol. The number of rotatable bonds is 1. The second kappa shape index (κ2) is 4.40. The summed E-state index contributed by atoms with van der Waals surface area (Å²) in [7, 11) is 1.33. The van der Waals surface area contributed by atoms with Crippen LogP contribution in [0, 0.1) is 0 Å². The lowest BCUT2D eigenvalue weighted by atomic mass is 10.1. The van der Waals surface area contributed by atoms with Crippen molar-refractivity contribution in [2.45, 2.75) is 6.04 Å². The molecule has 3 rings (SSSR count). The molecule has 0 spiro atoms. The number of hydrazine groups is 1. The number of carbonyl (C=O) groups excluding carboxylic acids is 1. The molecule has 0 radical (unpaired) electrons. The van der Waals surface area contributed by atoms with Crippen LogP contribution in [0.25, 0.3) is 11.1 Å². The van der Waals surface area contributed by atoms with Gasteiger partial charge in [0.1, 0.15) is 6.04 Å². The van der Waals surface area contributed by atoms with Crippen LogP contribution in [0.4, 0.5) is 4.79 Å². The van der Waals surface area contributed by atoms with Crippen molar-refractivity contribution in [2.75, 3.05) is 7.11 Å². The highest BCUT2D eigenvalue weighted by Crippen LogP contribution is 2.45. The molecule has 96 valence electrons. The molecular formula is C15H14N2O2. The molecule has 1 aliphatic carbocycles. The van der Waals surface area contributed by atoms with Gasteiger partial charge in [0.05, 0.1) is 7.11 Å². The second-order valence-electron chi connectivity index (χ2n) is 4.45. The van der Waals surface area contributed by atoms with Crippen LogP contribution in [0.1, 0.15) is 17.2 Å². The fraction of sp³-hybridized carbons (Fsp3) is 0.133. The Balaban J connectivity index is 2.17. The minimum absolute atomic E-state index is 0.292. The molecular weight excluding hydrogens is 240 g/mol. The molecule has 0 atom stereocenters. The number of fused-ring (bicyclic) bond motifs is 3. The predicted molar refractivity (Wildman–Crippen MR) is 72.2 cm³/mol. The van der Waals surface area contributed by atoms with Crippen LogP contribution in [0.5, 0.6) is 0 Å². The lowest BCUT2D eigenvalue weighted by molar-refractivity contribution is 0.113. The Labute approximate surface area is 111 Å². The molecule has 4 heteroatoms. The molecule has 2 aromatic rings. The summed E-state index contributed by atoms with van der Waals surface area (Å²) in [4.78, 5) is 11.7. The van der Waals surface area contributed by atoms with Crippen LogP contribution in [0.2, 0.25) is 0 Å². The van der Waals surface area contributed by atoms with E-state index in [9.17, 15) is 4.79 Å². The SMILES string of the molecule is COC(=O)N(N)C1c2ccccc2-c2ccccc21. The summed E-state index contributed by atoms with van der Waals surface area (Å²) >= 11 is 0. The number of ether oxygens (including phenoxy) is 1. The number of nitrogens with two attached hydrogens (primary N) is 1. The van der Waals surface area contributed by atoms with Crippen molar-refractivity contribution in [3.63, 3.8) is 0 Å². The maximum atomic E-state index is 11.7. The number of methoxy groups -OCH3 is 1. The molecule has 0 aromatic heterocycles. The van der Waals surface area contributed by atoms with Crippen molar-refractivity contribution in [2.24, 2.45) is 5.84 Å². The summed E-state index contributed by atoms with van der Waals surface area (Å²) in [5.74, 6) is 5.92. The Kier molecular flexibility index (Phi) is 2.72. The maximum absolute atomic E-state index is 11.7. The van der Waals surface area contributed by atoms with Gasteiger partial charge in [-0.1, -0.05) is 48.5 Å². The van der Waals surface area contributed by atoms with E-state index in [4.69, 9.17) is 10.6 Å². The number of carbonyl (C=O) groups is 1. The van der Waals surface area contributed by atoms with Gasteiger partial charge in [-0.05, 0) is 22.3 Å². The summed E-state index contributed by atoms with van der Waals surface area (Å²) in [5.41, 5.74) is 4.28. The van der Waals surface area contributed by atoms with Crippen LogP contribution < -0.4 is 5.84 Å². The molecule has 0 fully saturated rings. The van der Waals surface area contributed by atoms with Crippen LogP contribution in [-0.4, -0.2) is 18.2 Å². The van der Waals surface area contributed by atoms with E-state index in [1.165, 1.54) is 7.11 Å². The van der Waals surface area contributed by atoms with Gasteiger partial charge in [-0.2, -0.15) is 0 Å². The fourth-order valence-corrected chi connectivity index (χ4v) is 2.64. The van der Waals surface area contributed by atoms with Gasteiger partial charge in [-0.15, -0.1) is 0 Å². The number of benzene rings is 2. The van der Waals surface area contributed by atoms with Gasteiger partial charge in [0.2, 0.25) is 0 Å². The van der Waals surface area contributed by atoms with Crippen molar-refractivity contribution in [1.29, 1.82) is 0 Å². The van der Waals surface area contributed by atoms with E-state index in [2.05, 4.69) is 0 Å². The van der Waals surface area contributed by atoms with Crippen molar-refractivity contribution < 1.29 is 9.53 Å². The normalized spacial score (nSPS) is 12.7. The fourth-order valence-electron chi connectivity index (χ4n) is 2.64. The van der Waals surface area contributed by atoms with E-state index in [0.717, 1.165) is 27.3 Å². The lowest BCUT2D eigenvalue weighted by Crippen LogP contribution is -2.40. The molecule has 2 aromatic carbocycles. The van der Waals surface area contributed by atoms with Gasteiger partial charge >= 0.3 is 6.09 Å². The molecule has 0 aliphatic heterocycles. The smallest absolute Gasteiger partial charge is 0.424 e. The van der Waals surface area contributed by atoms with E-state index >= 15 is 0 Å². The van der Waals surface area contributed by atoms with Crippen LogP contribution >= 0.6 is 0 Å². The molecule has 0 unspecified atom stereocenters. The minimum atomic E-state index is -0.545. The summed E-state index contributed by atoms with van der Waals surface area (Å²) in [6.45, 7) is 0. The van der Waals surface area contributed by atoms with Gasteiger partial charge in [-0.3, -0.25) is 0 Å². The highest BCUT2D eigenvalue weighted by molar-refractivity contribution is 5.80. The van der Waals surface area contributed by atoms with Gasteiger partial charge in [0.15, 0.2) is 0 Å². The number of amides is 1. The highest BCUT2D eigenvalue weighted by atomic mass is 16.5. The first-order chi connectivity index (χ1) is 9.24. The average molecular weight is 254 g/mol. The summed E-state index contributed by atoms with van der Waals surface area (Å²) in [6.07, 6.45) is -0.545. The number of nitrogens with zero attached hydrogens (tertiary/aromatic N) is 1. The van der Waals surface area contributed by atoms with Crippen molar-refractivity contribution in [3.05, 3.63) is 59.7 Å². The van der Waals surface area contributed by atoms with E-state index in [1.54, 1.807) is 0 Å². The molecule has 0 bridgehead atoms. The molecule has 0 saturated heterocycles. The highest BCUT2D eigenvalue weighted by Gasteiger charge is 2.34. The summed E-state index contributed by atoms with van der Waals surface area (Å²) in [5, 5.41) is 1.14. The second-order valence-corrected chi connectivity index (χ2v) is 4.45. The molecule has 0 heterocycles. The van der Waals surface area contributed by atoms with Crippen LogP contribution in [0.15, 0.2) is 48.5 Å². The van der Waals surface area contributed by atoms with Gasteiger partial charge in [0.25, 0.3) is 0 Å². The molecule has 19 heavy (non-hydrogen) atoms. The molecule has 1 amide bonds. The molecule has 4 nitrogen and oxygen atoms in total. The third-order valence-electron chi connectivity index (χ3n) is 3.46. The zero-order valence-electron chi connectivity index (χ0n) is 10.5. The third-order valence-corrected chi connectivity index (χ3v) is 3.46. The van der Waals surface area contributed by atoms with Gasteiger partial charge in [0, 0.05) is 0 Å². The Bertz CT molecular complexity index is 594. The Morgan fingerprint density at radius 3 is 2.00 bits per heavy atom. The van der Waals surface area contributed by atoms with E-state index in [0.29, 0.717) is 0 Å². The average Bonchev–Trinajstić information content (AvgIpc) is 2.80. The van der Waals surface area contributed by atoms with Gasteiger partial charge < -0.3 is 4.74 Å². The lowest BCUT2D eigenvalue weighted by Gasteiger charge is -2.24. The van der Waals surface area contributed by atoms with Crippen LogP contribution in [-0.2, 0) is 4.74 Å². The molecule has 1 aliphatic rings. The predicted octanol–water partition coefficient (Wildman–Crippen LogP) is 2.70. The molecule has 0 saturated carbocycles. The first kappa shape index (κ1) is 11.7. The topological polar surface area (TPSA) is 55.6 Å². The standard InChI is InChI=1S/C15H14N2O2/c1-19-15(18)17(16)14-12-8-4-2-6-10(12)11-7-3-5-9-13(11)14/h2-9,14H,16H2,1H3. The van der Waals surface area contributed by atoms with E-state index in [1.807, 2.05) is 48.5 Å². The van der Waals surface area contributed by atoms with Crippen LogP contribution in [0.3, 0.4) is 0 Å². The maximum Gasteiger partial charge on any atom is 0.424 e. The summed E-state index contributed by atoms with van der Waals surface area (Å²) < 4.78 is 4.72. The Morgan fingerprint density at radius 1 is 1.05 bits per heavy atom. The Hall–Kier alpha value is -2.33. The molecule has 2 N–H and O–H groups in total. The van der Waals surface area contributed by atoms with E-state index < -0.39 is 6.09 Å². The van der Waals surface area contributed by atoms with E-state index in [-0.39, 0.29) is 6.04 Å². The quantitative estimate of drug-likeness (QED) is 0.483. The zero-order chi connectivity index (χ0) is 13.4. The number of hydrogen-bond acceptors (Lipinski definition) is 3. The summed E-state index contributed by atoms with van der Waals surface area (Å²) in [6, 6.07) is 15.6. The third kappa shape index (κ3) is 1.69. The first-order valence-corrected chi connectivity index (χ1v) is 6.04. The van der Waals surface area contributed by atoms with Crippen molar-refractivity contribution in [3.8, 4) is 11.1 Å². The largest absolute Gasteiger partial charge is 0.452 e.